The van der Waals surface area contributed by atoms with Gasteiger partial charge in [-0.1, -0.05) is 42.0 Å². The van der Waals surface area contributed by atoms with Crippen LogP contribution in [-0.2, 0) is 21.3 Å². The number of nitrogens with zero attached hydrogens (tertiary/aromatic N) is 2. The lowest BCUT2D eigenvalue weighted by Crippen LogP contribution is -2.19. The first-order valence-corrected chi connectivity index (χ1v) is 10.8. The topological polar surface area (TPSA) is 128 Å². The Morgan fingerprint density at radius 3 is 2.38 bits per heavy atom. The Morgan fingerprint density at radius 1 is 1.06 bits per heavy atom. The van der Waals surface area contributed by atoms with Gasteiger partial charge in [-0.2, -0.15) is 13.5 Å². The summed E-state index contributed by atoms with van der Waals surface area (Å²) < 4.78 is 30.3. The Kier molecular flexibility index (Phi) is 6.96. The maximum atomic E-state index is 12.5. The fourth-order valence-electron chi connectivity index (χ4n) is 2.67. The molecule has 0 aliphatic heterocycles. The lowest BCUT2D eigenvalue weighted by atomic mass is 10.1. The van der Waals surface area contributed by atoms with Crippen molar-refractivity contribution in [1.82, 2.24) is 5.43 Å². The van der Waals surface area contributed by atoms with Crippen LogP contribution >= 0.6 is 0 Å². The van der Waals surface area contributed by atoms with Crippen LogP contribution in [0.3, 0.4) is 0 Å². The molecule has 3 aromatic carbocycles. The summed E-state index contributed by atoms with van der Waals surface area (Å²) in [6, 6.07) is 18.2. The zero-order chi connectivity index (χ0) is 23.1. The molecular weight excluding hydrogens is 434 g/mol. The van der Waals surface area contributed by atoms with E-state index >= 15 is 0 Å². The van der Waals surface area contributed by atoms with Crippen LogP contribution in [0.4, 0.5) is 5.69 Å². The molecule has 1 amide bonds. The van der Waals surface area contributed by atoms with Crippen molar-refractivity contribution in [3.8, 4) is 5.75 Å². The maximum absolute atomic E-state index is 12.5. The van der Waals surface area contributed by atoms with E-state index in [1.807, 2.05) is 6.92 Å². The monoisotopic (exact) mass is 453 g/mol. The summed E-state index contributed by atoms with van der Waals surface area (Å²) in [5.74, 6) is -0.387. The second kappa shape index (κ2) is 9.84. The third-order valence-electron chi connectivity index (χ3n) is 4.33. The molecule has 0 bridgehead atoms. The first-order valence-electron chi connectivity index (χ1n) is 9.40. The van der Waals surface area contributed by atoms with Crippen molar-refractivity contribution < 1.29 is 22.3 Å². The van der Waals surface area contributed by atoms with Gasteiger partial charge in [-0.05, 0) is 36.8 Å². The second-order valence-electron chi connectivity index (χ2n) is 6.78. The molecule has 0 saturated carbocycles. The molecule has 9 nitrogen and oxygen atoms in total. The van der Waals surface area contributed by atoms with Crippen LogP contribution in [0.15, 0.2) is 82.8 Å². The third-order valence-corrected chi connectivity index (χ3v) is 5.58. The van der Waals surface area contributed by atoms with Crippen molar-refractivity contribution >= 4 is 27.9 Å². The molecule has 10 heteroatoms. The zero-order valence-corrected chi connectivity index (χ0v) is 17.8. The van der Waals surface area contributed by atoms with Gasteiger partial charge >= 0.3 is 10.1 Å². The van der Waals surface area contributed by atoms with E-state index in [4.69, 9.17) is 4.18 Å². The van der Waals surface area contributed by atoms with Crippen LogP contribution in [0.25, 0.3) is 0 Å². The molecule has 0 aliphatic carbocycles. The minimum atomic E-state index is -4.04. The van der Waals surface area contributed by atoms with Gasteiger partial charge < -0.3 is 4.18 Å². The number of para-hydroxylation sites is 1. The van der Waals surface area contributed by atoms with Gasteiger partial charge in [0, 0.05) is 17.7 Å². The minimum Gasteiger partial charge on any atom is -0.378 e. The highest BCUT2D eigenvalue weighted by molar-refractivity contribution is 7.87. The maximum Gasteiger partial charge on any atom is 0.339 e. The summed E-state index contributed by atoms with van der Waals surface area (Å²) in [6.07, 6.45) is 1.24. The van der Waals surface area contributed by atoms with E-state index in [0.29, 0.717) is 11.1 Å². The van der Waals surface area contributed by atoms with Gasteiger partial charge in [-0.25, -0.2) is 5.43 Å². The molecule has 3 rings (SSSR count). The quantitative estimate of drug-likeness (QED) is 0.241. The van der Waals surface area contributed by atoms with Crippen LogP contribution < -0.4 is 9.61 Å². The van der Waals surface area contributed by atoms with Gasteiger partial charge in [0.25, 0.3) is 5.69 Å². The molecule has 0 unspecified atom stereocenters. The van der Waals surface area contributed by atoms with E-state index in [1.54, 1.807) is 30.3 Å². The van der Waals surface area contributed by atoms with Gasteiger partial charge in [-0.3, -0.25) is 14.9 Å². The van der Waals surface area contributed by atoms with E-state index in [-0.39, 0.29) is 22.8 Å². The van der Waals surface area contributed by atoms with Crippen LogP contribution in [0.5, 0.6) is 5.75 Å². The molecule has 0 atom stereocenters. The molecule has 0 spiro atoms. The van der Waals surface area contributed by atoms with Crippen molar-refractivity contribution in [1.29, 1.82) is 0 Å². The average Bonchev–Trinajstić information content (AvgIpc) is 2.75. The van der Waals surface area contributed by atoms with E-state index in [9.17, 15) is 23.3 Å². The first-order chi connectivity index (χ1) is 15.2. The van der Waals surface area contributed by atoms with Gasteiger partial charge in [-0.15, -0.1) is 0 Å². The summed E-state index contributed by atoms with van der Waals surface area (Å²) in [7, 11) is -4.04. The van der Waals surface area contributed by atoms with Crippen molar-refractivity contribution in [2.24, 2.45) is 5.10 Å². The van der Waals surface area contributed by atoms with E-state index in [1.165, 1.54) is 48.7 Å². The number of nitro groups is 1. The fraction of sp³-hybridized carbons (Fsp3) is 0.0909. The van der Waals surface area contributed by atoms with Crippen LogP contribution in [-0.4, -0.2) is 25.5 Å². The zero-order valence-electron chi connectivity index (χ0n) is 17.0. The Bertz CT molecular complexity index is 1250. The van der Waals surface area contributed by atoms with Gasteiger partial charge in [0.15, 0.2) is 5.75 Å². The molecule has 32 heavy (non-hydrogen) atoms. The summed E-state index contributed by atoms with van der Waals surface area (Å²) in [5.41, 5.74) is 4.11. The minimum absolute atomic E-state index is 0.0197. The lowest BCUT2D eigenvalue weighted by Gasteiger charge is -2.09. The number of carbonyl (C=O) groups excluding carboxylic acids is 1. The second-order valence-corrected chi connectivity index (χ2v) is 8.33. The number of hydrazone groups is 1. The first kappa shape index (κ1) is 22.6. The number of rotatable bonds is 8. The molecule has 3 aromatic rings. The van der Waals surface area contributed by atoms with Crippen molar-refractivity contribution in [2.45, 2.75) is 18.2 Å². The molecule has 0 saturated heterocycles. The predicted octanol–water partition coefficient (Wildman–Crippen LogP) is 3.36. The SMILES string of the molecule is Cc1ccc(S(=O)(=O)Oc2ccccc2/C=N\NC(=O)Cc2ccc([N+](=O)[O-])cc2)cc1. The molecule has 0 aliphatic rings. The van der Waals surface area contributed by atoms with E-state index < -0.39 is 20.9 Å². The highest BCUT2D eigenvalue weighted by Gasteiger charge is 2.18. The summed E-state index contributed by atoms with van der Waals surface area (Å²) in [4.78, 5) is 22.2. The smallest absolute Gasteiger partial charge is 0.339 e. The van der Waals surface area contributed by atoms with Crippen LogP contribution in [0, 0.1) is 17.0 Å². The van der Waals surface area contributed by atoms with Crippen molar-refractivity contribution in [3.63, 3.8) is 0 Å². The number of amides is 1. The molecule has 0 aromatic heterocycles. The van der Waals surface area contributed by atoms with Crippen LogP contribution in [0.2, 0.25) is 0 Å². The predicted molar refractivity (Wildman–Crippen MR) is 118 cm³/mol. The molecular formula is C22H19N3O6S. The molecule has 0 fully saturated rings. The van der Waals surface area contributed by atoms with Crippen molar-refractivity contribution in [3.05, 3.63) is 99.6 Å². The van der Waals surface area contributed by atoms with Gasteiger partial charge in [0.05, 0.1) is 17.6 Å². The van der Waals surface area contributed by atoms with E-state index in [2.05, 4.69) is 10.5 Å². The van der Waals surface area contributed by atoms with Gasteiger partial charge in [0.2, 0.25) is 5.91 Å². The molecule has 0 radical (unpaired) electrons. The summed E-state index contributed by atoms with van der Waals surface area (Å²) in [6.45, 7) is 1.85. The lowest BCUT2D eigenvalue weighted by molar-refractivity contribution is -0.384. The standard InChI is InChI=1S/C22H19N3O6S/c1-16-6-12-20(13-7-16)32(29,30)31-21-5-3-2-4-18(21)15-23-24-22(26)14-17-8-10-19(11-9-17)25(27)28/h2-13,15H,14H2,1H3,(H,24,26)/b23-15-. The summed E-state index contributed by atoms with van der Waals surface area (Å²) >= 11 is 0. The largest absolute Gasteiger partial charge is 0.378 e. The normalized spacial score (nSPS) is 11.3. The number of non-ortho nitro benzene ring substituents is 1. The average molecular weight is 453 g/mol. The number of nitro benzene ring substituents is 1. The molecule has 0 heterocycles. The highest BCUT2D eigenvalue weighted by atomic mass is 32.2. The number of hydrogen-bond donors (Lipinski definition) is 1. The van der Waals surface area contributed by atoms with E-state index in [0.717, 1.165) is 5.56 Å². The fourth-order valence-corrected chi connectivity index (χ4v) is 3.62. The molecule has 1 N–H and O–H groups in total. The highest BCUT2D eigenvalue weighted by Crippen LogP contribution is 2.22. The van der Waals surface area contributed by atoms with Crippen molar-refractivity contribution in [2.75, 3.05) is 0 Å². The molecule has 164 valence electrons. The van der Waals surface area contributed by atoms with Crippen LogP contribution in [0.1, 0.15) is 16.7 Å². The number of carbonyl (C=O) groups is 1. The Labute approximate surface area is 184 Å². The Hall–Kier alpha value is -4.05. The summed E-state index contributed by atoms with van der Waals surface area (Å²) in [5, 5.41) is 14.5. The number of aryl methyl sites for hydroxylation is 1. The Morgan fingerprint density at radius 2 is 1.72 bits per heavy atom. The van der Waals surface area contributed by atoms with Gasteiger partial charge in [0.1, 0.15) is 4.90 Å². The number of benzene rings is 3. The third kappa shape index (κ3) is 5.99. The Balaban J connectivity index is 1.66. The number of nitrogens with one attached hydrogen (secondary N) is 1. The number of hydrogen-bond acceptors (Lipinski definition) is 7.